The van der Waals surface area contributed by atoms with Crippen LogP contribution in [0.4, 0.5) is 4.79 Å². The van der Waals surface area contributed by atoms with Crippen LogP contribution in [0.1, 0.15) is 34.6 Å². The molecule has 0 aromatic rings. The molecule has 8 nitrogen and oxygen atoms in total. The maximum absolute atomic E-state index is 12.5. The molecular formula is C13H26NO7P. The summed E-state index contributed by atoms with van der Waals surface area (Å²) in [4.78, 5) is 23.6. The molecule has 0 bridgehead atoms. The first kappa shape index (κ1) is 20.9. The highest BCUT2D eigenvalue weighted by atomic mass is 31.2. The molecule has 1 atom stereocenters. The molecule has 0 unspecified atom stereocenters. The summed E-state index contributed by atoms with van der Waals surface area (Å²) >= 11 is 0. The second-order valence-electron chi connectivity index (χ2n) is 5.35. The normalized spacial score (nSPS) is 13.4. The summed E-state index contributed by atoms with van der Waals surface area (Å²) < 4.78 is 32.4. The molecule has 0 saturated carbocycles. The largest absolute Gasteiger partial charge is 0.467 e. The SMILES string of the molecule is CCOP(=O)(C[C@H](NC(=O)OC(C)(C)C)C(=O)OC)OCC. The second kappa shape index (κ2) is 9.12. The van der Waals surface area contributed by atoms with E-state index in [9.17, 15) is 14.2 Å². The molecule has 1 amide bonds. The Morgan fingerprint density at radius 1 is 1.14 bits per heavy atom. The molecule has 0 aliphatic rings. The molecule has 0 spiro atoms. The minimum atomic E-state index is -3.52. The number of rotatable bonds is 8. The summed E-state index contributed by atoms with van der Waals surface area (Å²) in [6.45, 7) is 8.66. The molecule has 0 aliphatic heterocycles. The van der Waals surface area contributed by atoms with E-state index in [0.29, 0.717) is 0 Å². The molecule has 1 N–H and O–H groups in total. The van der Waals surface area contributed by atoms with Gasteiger partial charge in [-0.1, -0.05) is 0 Å². The van der Waals surface area contributed by atoms with Gasteiger partial charge in [0.25, 0.3) is 0 Å². The van der Waals surface area contributed by atoms with Gasteiger partial charge in [-0.25, -0.2) is 9.59 Å². The van der Waals surface area contributed by atoms with Crippen molar-refractivity contribution >= 4 is 19.7 Å². The van der Waals surface area contributed by atoms with E-state index < -0.39 is 31.3 Å². The molecule has 130 valence electrons. The third-order valence-corrected chi connectivity index (χ3v) is 4.35. The maximum atomic E-state index is 12.5. The van der Waals surface area contributed by atoms with Crippen molar-refractivity contribution in [1.29, 1.82) is 0 Å². The molecule has 0 aromatic heterocycles. The lowest BCUT2D eigenvalue weighted by molar-refractivity contribution is -0.142. The smallest absolute Gasteiger partial charge is 0.408 e. The molecule has 0 aromatic carbocycles. The highest BCUT2D eigenvalue weighted by molar-refractivity contribution is 7.54. The van der Waals surface area contributed by atoms with Gasteiger partial charge in [0.15, 0.2) is 0 Å². The zero-order valence-corrected chi connectivity index (χ0v) is 14.9. The van der Waals surface area contributed by atoms with Crippen LogP contribution in [0.2, 0.25) is 0 Å². The van der Waals surface area contributed by atoms with Crippen molar-refractivity contribution in [1.82, 2.24) is 5.32 Å². The number of hydrogen-bond acceptors (Lipinski definition) is 7. The van der Waals surface area contributed by atoms with Gasteiger partial charge in [-0.3, -0.25) is 4.57 Å². The highest BCUT2D eigenvalue weighted by Crippen LogP contribution is 2.48. The van der Waals surface area contributed by atoms with Crippen molar-refractivity contribution in [2.45, 2.75) is 46.3 Å². The van der Waals surface area contributed by atoms with Crippen LogP contribution in [0, 0.1) is 0 Å². The molecule has 0 heterocycles. The molecule has 9 heteroatoms. The van der Waals surface area contributed by atoms with Crippen LogP contribution in [0.5, 0.6) is 0 Å². The van der Waals surface area contributed by atoms with Crippen molar-refractivity contribution in [2.24, 2.45) is 0 Å². The number of methoxy groups -OCH3 is 1. The quantitative estimate of drug-likeness (QED) is 0.535. The number of esters is 1. The Labute approximate surface area is 131 Å². The van der Waals surface area contributed by atoms with Crippen LogP contribution >= 0.6 is 7.60 Å². The van der Waals surface area contributed by atoms with Gasteiger partial charge >= 0.3 is 19.7 Å². The minimum Gasteiger partial charge on any atom is -0.467 e. The molecule has 22 heavy (non-hydrogen) atoms. The molecule has 0 radical (unpaired) electrons. The van der Waals surface area contributed by atoms with E-state index in [1.807, 2.05) is 0 Å². The lowest BCUT2D eigenvalue weighted by Crippen LogP contribution is -2.46. The summed E-state index contributed by atoms with van der Waals surface area (Å²) in [6, 6.07) is -1.19. The van der Waals surface area contributed by atoms with E-state index in [1.54, 1.807) is 34.6 Å². The Morgan fingerprint density at radius 3 is 2.00 bits per heavy atom. The first-order chi connectivity index (χ1) is 10.1. The number of carbonyl (C=O) groups excluding carboxylic acids is 2. The van der Waals surface area contributed by atoms with Crippen LogP contribution in [0.25, 0.3) is 0 Å². The van der Waals surface area contributed by atoms with Crippen LogP contribution in [0.15, 0.2) is 0 Å². The van der Waals surface area contributed by atoms with Crippen LogP contribution in [0.3, 0.4) is 0 Å². The summed E-state index contributed by atoms with van der Waals surface area (Å²) in [6.07, 6.45) is -1.15. The summed E-state index contributed by atoms with van der Waals surface area (Å²) in [7, 11) is -2.36. The van der Waals surface area contributed by atoms with Crippen molar-refractivity contribution in [3.8, 4) is 0 Å². The number of alkyl carbamates (subject to hydrolysis) is 1. The maximum Gasteiger partial charge on any atom is 0.408 e. The van der Waals surface area contributed by atoms with Crippen molar-refractivity contribution < 1.29 is 32.7 Å². The zero-order valence-electron chi connectivity index (χ0n) is 14.0. The monoisotopic (exact) mass is 339 g/mol. The van der Waals surface area contributed by atoms with E-state index in [1.165, 1.54) is 7.11 Å². The van der Waals surface area contributed by atoms with E-state index in [4.69, 9.17) is 13.8 Å². The number of carbonyl (C=O) groups is 2. The van der Waals surface area contributed by atoms with Crippen LogP contribution in [-0.2, 0) is 27.9 Å². The molecule has 0 aliphatic carbocycles. The molecule has 0 fully saturated rings. The van der Waals surface area contributed by atoms with E-state index in [2.05, 4.69) is 10.1 Å². The van der Waals surface area contributed by atoms with Crippen LogP contribution < -0.4 is 5.32 Å². The van der Waals surface area contributed by atoms with Gasteiger partial charge in [-0.15, -0.1) is 0 Å². The number of ether oxygens (including phenoxy) is 2. The topological polar surface area (TPSA) is 100 Å². The predicted molar refractivity (Wildman–Crippen MR) is 80.9 cm³/mol. The third kappa shape index (κ3) is 8.36. The minimum absolute atomic E-state index is 0.150. The standard InChI is InChI=1S/C13H26NO7P/c1-7-19-22(17,20-8-2)9-10(11(15)18-6)14-12(16)21-13(3,4)5/h10H,7-9H2,1-6H3,(H,14,16)/t10-/m0/s1. The molecular weight excluding hydrogens is 313 g/mol. The van der Waals surface area contributed by atoms with Gasteiger partial charge in [-0.2, -0.15) is 0 Å². The molecule has 0 saturated heterocycles. The van der Waals surface area contributed by atoms with Crippen molar-refractivity contribution in [3.05, 3.63) is 0 Å². The van der Waals surface area contributed by atoms with E-state index in [-0.39, 0.29) is 19.4 Å². The first-order valence-electron chi connectivity index (χ1n) is 7.02. The fourth-order valence-electron chi connectivity index (χ4n) is 1.53. The number of hydrogen-bond donors (Lipinski definition) is 1. The number of nitrogens with one attached hydrogen (secondary N) is 1. The lowest BCUT2D eigenvalue weighted by Gasteiger charge is -2.24. The van der Waals surface area contributed by atoms with Gasteiger partial charge in [0.1, 0.15) is 11.6 Å². The fourth-order valence-corrected chi connectivity index (χ4v) is 3.29. The number of amides is 1. The Morgan fingerprint density at radius 2 is 1.64 bits per heavy atom. The lowest BCUT2D eigenvalue weighted by atomic mass is 10.2. The van der Waals surface area contributed by atoms with Gasteiger partial charge in [0, 0.05) is 0 Å². The van der Waals surface area contributed by atoms with Gasteiger partial charge in [0.05, 0.1) is 26.5 Å². The molecule has 0 rings (SSSR count). The Balaban J connectivity index is 5.02. The average Bonchev–Trinajstić information content (AvgIpc) is 2.35. The van der Waals surface area contributed by atoms with Gasteiger partial charge in [-0.05, 0) is 34.6 Å². The van der Waals surface area contributed by atoms with Crippen molar-refractivity contribution in [3.63, 3.8) is 0 Å². The predicted octanol–water partition coefficient (Wildman–Crippen LogP) is 2.32. The summed E-state index contributed by atoms with van der Waals surface area (Å²) in [5, 5.41) is 2.33. The summed E-state index contributed by atoms with van der Waals surface area (Å²) in [5.41, 5.74) is -0.728. The zero-order chi connectivity index (χ0) is 17.4. The Hall–Kier alpha value is -1.11. The van der Waals surface area contributed by atoms with E-state index in [0.717, 1.165) is 0 Å². The summed E-state index contributed by atoms with van der Waals surface area (Å²) in [5.74, 6) is -0.759. The van der Waals surface area contributed by atoms with Gasteiger partial charge in [0.2, 0.25) is 0 Å². The van der Waals surface area contributed by atoms with E-state index >= 15 is 0 Å². The van der Waals surface area contributed by atoms with Crippen molar-refractivity contribution in [2.75, 3.05) is 26.5 Å². The average molecular weight is 339 g/mol. The Kier molecular flexibility index (Phi) is 8.66. The second-order valence-corrected chi connectivity index (χ2v) is 7.45. The van der Waals surface area contributed by atoms with Crippen LogP contribution in [-0.4, -0.2) is 50.2 Å². The Bertz CT molecular complexity index is 409. The fraction of sp³-hybridized carbons (Fsp3) is 0.846. The third-order valence-electron chi connectivity index (χ3n) is 2.23. The van der Waals surface area contributed by atoms with Gasteiger partial charge < -0.3 is 23.8 Å². The first-order valence-corrected chi connectivity index (χ1v) is 8.75. The highest BCUT2D eigenvalue weighted by Gasteiger charge is 2.35.